The van der Waals surface area contributed by atoms with E-state index in [1.54, 1.807) is 18.2 Å². The molecule has 6 aromatic rings. The average Bonchev–Trinajstić information content (AvgIpc) is 3.83. The Labute approximate surface area is 255 Å². The van der Waals surface area contributed by atoms with E-state index in [9.17, 15) is 18.4 Å². The van der Waals surface area contributed by atoms with Crippen LogP contribution in [0.4, 0.5) is 8.78 Å². The second kappa shape index (κ2) is 11.1. The summed E-state index contributed by atoms with van der Waals surface area (Å²) < 4.78 is 40.3. The lowest BCUT2D eigenvalue weighted by Gasteiger charge is -2.22. The fraction of sp³-hybridized carbons (Fsp3) is 0.182. The summed E-state index contributed by atoms with van der Waals surface area (Å²) in [6.45, 7) is 0.115. The number of methoxy groups -OCH3 is 2. The van der Waals surface area contributed by atoms with Crippen molar-refractivity contribution in [3.63, 3.8) is 0 Å². The van der Waals surface area contributed by atoms with Crippen molar-refractivity contribution in [2.24, 2.45) is 0 Å². The van der Waals surface area contributed by atoms with Crippen molar-refractivity contribution < 1.29 is 27.8 Å². The summed E-state index contributed by atoms with van der Waals surface area (Å²) in [5.74, 6) is -2.76. The molecule has 0 bridgehead atoms. The lowest BCUT2D eigenvalue weighted by atomic mass is 10.1. The van der Waals surface area contributed by atoms with Crippen molar-refractivity contribution in [2.75, 3.05) is 20.8 Å². The predicted octanol–water partition coefficient (Wildman–Crippen LogP) is 5.56. The Morgan fingerprint density at radius 1 is 0.956 bits per heavy atom. The molecule has 226 valence electrons. The summed E-state index contributed by atoms with van der Waals surface area (Å²) in [7, 11) is 2.51. The average molecular weight is 609 g/mol. The van der Waals surface area contributed by atoms with Gasteiger partial charge in [-0.1, -0.05) is 41.6 Å². The van der Waals surface area contributed by atoms with Gasteiger partial charge in [0, 0.05) is 29.7 Å². The Kier molecular flexibility index (Phi) is 6.96. The van der Waals surface area contributed by atoms with Gasteiger partial charge in [-0.05, 0) is 47.2 Å². The van der Waals surface area contributed by atoms with Gasteiger partial charge < -0.3 is 19.4 Å². The second-order valence-electron chi connectivity index (χ2n) is 10.8. The van der Waals surface area contributed by atoms with Gasteiger partial charge in [0.2, 0.25) is 5.82 Å². The highest BCUT2D eigenvalue weighted by Gasteiger charge is 2.42. The van der Waals surface area contributed by atoms with Gasteiger partial charge in [-0.3, -0.25) is 4.79 Å². The number of rotatable bonds is 6. The van der Waals surface area contributed by atoms with Gasteiger partial charge in [0.15, 0.2) is 11.6 Å². The first-order valence-corrected chi connectivity index (χ1v) is 14.2. The Bertz CT molecular complexity index is 2110. The molecule has 2 aromatic heterocycles. The molecule has 1 fully saturated rings. The molecule has 0 unspecified atom stereocenters. The molecule has 1 amide bonds. The summed E-state index contributed by atoms with van der Waals surface area (Å²) in [6, 6.07) is 20.6. The summed E-state index contributed by atoms with van der Waals surface area (Å²) in [5.41, 5.74) is 2.64. The van der Waals surface area contributed by atoms with E-state index in [-0.39, 0.29) is 35.9 Å². The van der Waals surface area contributed by atoms with Crippen molar-refractivity contribution in [3.05, 3.63) is 96.2 Å². The van der Waals surface area contributed by atoms with E-state index in [4.69, 9.17) is 14.5 Å². The summed E-state index contributed by atoms with van der Waals surface area (Å²) >= 11 is 0. The van der Waals surface area contributed by atoms with Crippen LogP contribution in [0, 0.1) is 11.6 Å². The number of carbonyl (C=O) groups is 2. The number of ether oxygens (including phenoxy) is 2. The number of hydrogen-bond acceptors (Lipinski definition) is 7. The smallest absolute Gasteiger partial charge is 0.328 e. The van der Waals surface area contributed by atoms with E-state index in [2.05, 4.69) is 21.4 Å². The first-order valence-electron chi connectivity index (χ1n) is 14.2. The monoisotopic (exact) mass is 608 g/mol. The molecule has 2 atom stereocenters. The molecule has 1 aliphatic rings. The Hall–Kier alpha value is -5.65. The van der Waals surface area contributed by atoms with Gasteiger partial charge in [-0.2, -0.15) is 4.39 Å². The van der Waals surface area contributed by atoms with Crippen LogP contribution in [0.1, 0.15) is 22.8 Å². The largest absolute Gasteiger partial charge is 0.494 e. The maximum atomic E-state index is 14.7. The minimum atomic E-state index is -1.13. The molecule has 4 aromatic carbocycles. The number of hydrogen-bond donors (Lipinski definition) is 1. The number of amides is 1. The van der Waals surface area contributed by atoms with Crippen molar-refractivity contribution in [1.29, 1.82) is 0 Å². The zero-order valence-electron chi connectivity index (χ0n) is 24.2. The molecule has 0 radical (unpaired) electrons. The van der Waals surface area contributed by atoms with Crippen LogP contribution in [-0.4, -0.2) is 68.5 Å². The van der Waals surface area contributed by atoms with Gasteiger partial charge in [-0.25, -0.2) is 18.9 Å². The van der Waals surface area contributed by atoms with E-state index >= 15 is 0 Å². The number of imidazole rings is 1. The number of likely N-dealkylation sites (tertiary alicyclic amines) is 1. The molecule has 1 N–H and O–H groups in total. The lowest BCUT2D eigenvalue weighted by molar-refractivity contribution is -0.145. The number of fused-ring (bicyclic) bond motifs is 2. The number of benzene rings is 4. The van der Waals surface area contributed by atoms with E-state index in [0.717, 1.165) is 16.3 Å². The van der Waals surface area contributed by atoms with E-state index in [0.29, 0.717) is 22.4 Å². The third-order valence-corrected chi connectivity index (χ3v) is 8.19. The summed E-state index contributed by atoms with van der Waals surface area (Å²) in [5, 5.41) is 10.3. The number of H-pyrrole nitrogens is 1. The van der Waals surface area contributed by atoms with Gasteiger partial charge in [0.1, 0.15) is 17.6 Å². The molecule has 12 heteroatoms. The normalized spacial score (nSPS) is 16.4. The highest BCUT2D eigenvalue weighted by atomic mass is 19.2. The fourth-order valence-electron chi connectivity index (χ4n) is 5.84. The highest BCUT2D eigenvalue weighted by Crippen LogP contribution is 2.33. The minimum Gasteiger partial charge on any atom is -0.494 e. The van der Waals surface area contributed by atoms with E-state index < -0.39 is 29.7 Å². The zero-order chi connectivity index (χ0) is 31.2. The van der Waals surface area contributed by atoms with Crippen molar-refractivity contribution in [1.82, 2.24) is 29.9 Å². The predicted molar refractivity (Wildman–Crippen MR) is 161 cm³/mol. The lowest BCUT2D eigenvalue weighted by Crippen LogP contribution is -2.41. The topological polar surface area (TPSA) is 115 Å². The number of halogens is 2. The van der Waals surface area contributed by atoms with Crippen LogP contribution >= 0.6 is 0 Å². The maximum absolute atomic E-state index is 14.7. The molecule has 45 heavy (non-hydrogen) atoms. The number of aromatic nitrogens is 5. The third-order valence-electron chi connectivity index (χ3n) is 8.19. The number of aromatic amines is 1. The van der Waals surface area contributed by atoms with Crippen molar-refractivity contribution in [3.8, 4) is 28.4 Å². The molecule has 10 nitrogen and oxygen atoms in total. The fourth-order valence-corrected chi connectivity index (χ4v) is 5.84. The molecule has 1 saturated heterocycles. The zero-order valence-corrected chi connectivity index (χ0v) is 24.2. The van der Waals surface area contributed by atoms with Crippen LogP contribution in [0.5, 0.6) is 5.75 Å². The number of nitrogens with one attached hydrogen (secondary N) is 1. The Balaban J connectivity index is 1.15. The molecule has 0 saturated carbocycles. The number of carbonyl (C=O) groups excluding carboxylic acids is 2. The quantitative estimate of drug-likeness (QED) is 0.246. The van der Waals surface area contributed by atoms with Crippen LogP contribution in [-0.2, 0) is 9.53 Å². The van der Waals surface area contributed by atoms with E-state index in [1.165, 1.54) is 42.1 Å². The first-order chi connectivity index (χ1) is 21.8. The van der Waals surface area contributed by atoms with Crippen molar-refractivity contribution >= 4 is 33.7 Å². The van der Waals surface area contributed by atoms with Gasteiger partial charge >= 0.3 is 5.97 Å². The van der Waals surface area contributed by atoms with Crippen molar-refractivity contribution in [2.45, 2.75) is 18.5 Å². The minimum absolute atomic E-state index is 0.0917. The number of nitrogens with zero attached hydrogens (tertiary/aromatic N) is 5. The maximum Gasteiger partial charge on any atom is 0.328 e. The third kappa shape index (κ3) is 4.93. The van der Waals surface area contributed by atoms with Crippen LogP contribution in [0.15, 0.2) is 79.0 Å². The molecular formula is C33H26F2N6O4. The van der Waals surface area contributed by atoms with Crippen LogP contribution < -0.4 is 4.74 Å². The van der Waals surface area contributed by atoms with Crippen LogP contribution in [0.2, 0.25) is 0 Å². The van der Waals surface area contributed by atoms with Gasteiger partial charge in [0.25, 0.3) is 5.91 Å². The Morgan fingerprint density at radius 2 is 1.78 bits per heavy atom. The second-order valence-corrected chi connectivity index (χ2v) is 10.8. The molecule has 0 spiro atoms. The van der Waals surface area contributed by atoms with Gasteiger partial charge in [-0.15, -0.1) is 5.10 Å². The molecule has 1 aliphatic heterocycles. The Morgan fingerprint density at radius 3 is 2.58 bits per heavy atom. The number of esters is 1. The molecule has 0 aliphatic carbocycles. The highest BCUT2D eigenvalue weighted by molar-refractivity contribution is 6.00. The standard InChI is InChI=1S/C33H26F2N6O4/c1-44-28-12-10-23(29(34)30(28)35)26-17-41(39-38-26)22-15-27(33(43)45-2)40(16-22)32(42)21-9-11-24-25(14-21)37-31(36-24)20-8-7-18-5-3-4-6-19(18)13-20/h3-14,17,22,27H,15-16H2,1-2H3,(H,36,37)/t22-,27-/m0/s1. The summed E-state index contributed by atoms with van der Waals surface area (Å²) in [6.07, 6.45) is 1.65. The van der Waals surface area contributed by atoms with Crippen LogP contribution in [0.3, 0.4) is 0 Å². The first kappa shape index (κ1) is 28.1. The van der Waals surface area contributed by atoms with Crippen LogP contribution in [0.25, 0.3) is 44.5 Å². The van der Waals surface area contributed by atoms with E-state index in [1.807, 2.05) is 36.4 Å². The molecular weight excluding hydrogens is 582 g/mol. The molecule has 7 rings (SSSR count). The SMILES string of the molecule is COC(=O)[C@@H]1C[C@H](n2cc(-c3ccc(OC)c(F)c3F)nn2)CN1C(=O)c1ccc2nc(-c3ccc4ccccc4c3)[nH]c2c1. The van der Waals surface area contributed by atoms with Gasteiger partial charge in [0.05, 0.1) is 37.5 Å². The summed E-state index contributed by atoms with van der Waals surface area (Å²) in [4.78, 5) is 36.1. The molecule has 3 heterocycles.